The molecule has 1 aliphatic heterocycles. The average molecular weight is 537 g/mol. The molecule has 1 fully saturated rings. The predicted molar refractivity (Wildman–Crippen MR) is 154 cm³/mol. The number of carbonyl (C=O) groups excluding carboxylic acids is 1. The molecular formula is C31H29ClN6O. The number of para-hydroxylation sites is 1. The molecule has 2 aromatic heterocycles. The smallest absolute Gasteiger partial charge is 0.245 e. The molecule has 196 valence electrons. The van der Waals surface area contributed by atoms with Gasteiger partial charge in [0, 0.05) is 32.6 Å². The van der Waals surface area contributed by atoms with Crippen molar-refractivity contribution in [2.45, 2.75) is 18.7 Å². The van der Waals surface area contributed by atoms with Gasteiger partial charge in [-0.3, -0.25) is 4.79 Å². The third kappa shape index (κ3) is 5.22. The first-order chi connectivity index (χ1) is 19.1. The van der Waals surface area contributed by atoms with Gasteiger partial charge in [-0.25, -0.2) is 14.6 Å². The van der Waals surface area contributed by atoms with E-state index < -0.39 is 5.38 Å². The number of aryl methyl sites for hydroxylation is 1. The summed E-state index contributed by atoms with van der Waals surface area (Å²) in [5, 5.41) is 4.89. The molecule has 0 radical (unpaired) electrons. The lowest BCUT2D eigenvalue weighted by Gasteiger charge is -2.36. The van der Waals surface area contributed by atoms with Crippen LogP contribution in [0.4, 0.5) is 5.82 Å². The second-order valence-electron chi connectivity index (χ2n) is 9.84. The Kier molecular flexibility index (Phi) is 6.99. The molecule has 6 rings (SSSR count). The fraction of sp³-hybridized carbons (Fsp3) is 0.226. The third-order valence-corrected chi connectivity index (χ3v) is 7.58. The number of piperazine rings is 1. The highest BCUT2D eigenvalue weighted by Crippen LogP contribution is 2.29. The Balaban J connectivity index is 1.29. The minimum absolute atomic E-state index is 0.0627. The predicted octanol–water partition coefficient (Wildman–Crippen LogP) is 5.34. The molecule has 7 nitrogen and oxygen atoms in total. The summed E-state index contributed by atoms with van der Waals surface area (Å²) in [6.07, 6.45) is 2.46. The van der Waals surface area contributed by atoms with Gasteiger partial charge in [-0.15, -0.1) is 11.6 Å². The van der Waals surface area contributed by atoms with Crippen molar-refractivity contribution in [3.63, 3.8) is 0 Å². The monoisotopic (exact) mass is 536 g/mol. The number of hydrogen-bond acceptors (Lipinski definition) is 5. The largest absolute Gasteiger partial charge is 0.352 e. The van der Waals surface area contributed by atoms with Crippen molar-refractivity contribution >= 4 is 34.4 Å². The summed E-state index contributed by atoms with van der Waals surface area (Å²) < 4.78 is 1.87. The van der Waals surface area contributed by atoms with Crippen LogP contribution >= 0.6 is 11.6 Å². The summed E-state index contributed by atoms with van der Waals surface area (Å²) in [5.74, 6) is 1.52. The van der Waals surface area contributed by atoms with E-state index in [0.29, 0.717) is 32.6 Å². The third-order valence-electron chi connectivity index (χ3n) is 7.14. The number of nitrogens with zero attached hydrogens (tertiary/aromatic N) is 6. The number of aromatic nitrogens is 4. The molecule has 5 aromatic rings. The van der Waals surface area contributed by atoms with Crippen LogP contribution < -0.4 is 4.90 Å². The van der Waals surface area contributed by atoms with Crippen LogP contribution in [-0.2, 0) is 11.2 Å². The molecule has 39 heavy (non-hydrogen) atoms. The standard InChI is InChI=1S/C31H29ClN6O/c1-22-12-14-23(15-13-22)20-27-34-29(26-21-33-38(30(26)35-27)25-10-6-3-7-11-25)36-16-18-37(19-17-36)31(39)28(32)24-8-4-2-5-9-24/h2-15,21,28H,16-20H2,1H3/t28-/m1/s1. The molecule has 0 bridgehead atoms. The first-order valence-corrected chi connectivity index (χ1v) is 13.6. The molecule has 3 aromatic carbocycles. The highest BCUT2D eigenvalue weighted by Gasteiger charge is 2.29. The van der Waals surface area contributed by atoms with E-state index in [1.807, 2.05) is 76.4 Å². The van der Waals surface area contributed by atoms with Crippen molar-refractivity contribution in [1.29, 1.82) is 0 Å². The van der Waals surface area contributed by atoms with Crippen molar-refractivity contribution in [2.24, 2.45) is 0 Å². The maximum absolute atomic E-state index is 13.1. The number of hydrogen-bond donors (Lipinski definition) is 0. The van der Waals surface area contributed by atoms with E-state index in [1.165, 1.54) is 5.56 Å². The Morgan fingerprint density at radius 3 is 2.23 bits per heavy atom. The molecule has 0 N–H and O–H groups in total. The molecule has 0 unspecified atom stereocenters. The van der Waals surface area contributed by atoms with Gasteiger partial charge in [-0.05, 0) is 30.2 Å². The molecule has 8 heteroatoms. The zero-order valence-electron chi connectivity index (χ0n) is 21.7. The Bertz CT molecular complexity index is 1580. The van der Waals surface area contributed by atoms with Gasteiger partial charge in [0.2, 0.25) is 5.91 Å². The zero-order valence-corrected chi connectivity index (χ0v) is 22.5. The van der Waals surface area contributed by atoms with E-state index in [4.69, 9.17) is 21.6 Å². The Morgan fingerprint density at radius 1 is 0.872 bits per heavy atom. The van der Waals surface area contributed by atoms with Crippen LogP contribution in [-0.4, -0.2) is 56.7 Å². The normalized spacial score (nSPS) is 14.5. The average Bonchev–Trinajstić information content (AvgIpc) is 3.42. The number of halogens is 1. The van der Waals surface area contributed by atoms with Crippen LogP contribution in [0.5, 0.6) is 0 Å². The summed E-state index contributed by atoms with van der Waals surface area (Å²) in [6, 6.07) is 28.0. The maximum Gasteiger partial charge on any atom is 0.245 e. The van der Waals surface area contributed by atoms with Gasteiger partial charge in [-0.2, -0.15) is 5.10 Å². The first kappa shape index (κ1) is 25.1. The molecule has 0 aliphatic carbocycles. The number of amides is 1. The summed E-state index contributed by atoms with van der Waals surface area (Å²) in [5.41, 5.74) is 4.91. The van der Waals surface area contributed by atoms with Gasteiger partial charge in [0.15, 0.2) is 5.65 Å². The number of alkyl halides is 1. The SMILES string of the molecule is Cc1ccc(Cc2nc(N3CCN(C(=O)[C@H](Cl)c4ccccc4)CC3)c3cnn(-c4ccccc4)c3n2)cc1. The Morgan fingerprint density at radius 2 is 1.54 bits per heavy atom. The van der Waals surface area contributed by atoms with Crippen molar-refractivity contribution in [3.05, 3.63) is 114 Å². The minimum Gasteiger partial charge on any atom is -0.352 e. The first-order valence-electron chi connectivity index (χ1n) is 13.2. The quantitative estimate of drug-likeness (QED) is 0.274. The van der Waals surface area contributed by atoms with Crippen molar-refractivity contribution in [1.82, 2.24) is 24.6 Å². The number of fused-ring (bicyclic) bond motifs is 1. The zero-order chi connectivity index (χ0) is 26.8. The van der Waals surface area contributed by atoms with Gasteiger partial charge in [0.1, 0.15) is 17.0 Å². The van der Waals surface area contributed by atoms with Crippen LogP contribution in [0.2, 0.25) is 0 Å². The molecule has 3 heterocycles. The number of rotatable bonds is 6. The molecule has 1 saturated heterocycles. The van der Waals surface area contributed by atoms with Gasteiger partial charge < -0.3 is 9.80 Å². The lowest BCUT2D eigenvalue weighted by atomic mass is 10.1. The topological polar surface area (TPSA) is 67.2 Å². The minimum atomic E-state index is -0.686. The molecular weight excluding hydrogens is 508 g/mol. The van der Waals surface area contributed by atoms with E-state index in [0.717, 1.165) is 39.5 Å². The van der Waals surface area contributed by atoms with Crippen LogP contribution in [0.3, 0.4) is 0 Å². The summed E-state index contributed by atoms with van der Waals surface area (Å²) in [6.45, 7) is 4.52. The number of anilines is 1. The van der Waals surface area contributed by atoms with Gasteiger partial charge in [0.25, 0.3) is 0 Å². The second kappa shape index (κ2) is 10.9. The van der Waals surface area contributed by atoms with E-state index in [2.05, 4.69) is 41.2 Å². The van der Waals surface area contributed by atoms with Crippen molar-refractivity contribution in [2.75, 3.05) is 31.1 Å². The fourth-order valence-corrected chi connectivity index (χ4v) is 5.25. The van der Waals surface area contributed by atoms with Crippen LogP contribution in [0, 0.1) is 6.92 Å². The van der Waals surface area contributed by atoms with E-state index in [1.54, 1.807) is 0 Å². The maximum atomic E-state index is 13.1. The number of benzene rings is 3. The van der Waals surface area contributed by atoms with Crippen LogP contribution in [0.25, 0.3) is 16.7 Å². The molecule has 0 spiro atoms. The molecule has 1 amide bonds. The highest BCUT2D eigenvalue weighted by molar-refractivity contribution is 6.30. The fourth-order valence-electron chi connectivity index (χ4n) is 4.97. The summed E-state index contributed by atoms with van der Waals surface area (Å²) >= 11 is 6.55. The van der Waals surface area contributed by atoms with Gasteiger partial charge in [-0.1, -0.05) is 78.4 Å². The van der Waals surface area contributed by atoms with Crippen LogP contribution in [0.15, 0.2) is 91.1 Å². The highest BCUT2D eigenvalue weighted by atomic mass is 35.5. The lowest BCUT2D eigenvalue weighted by Crippen LogP contribution is -2.50. The van der Waals surface area contributed by atoms with E-state index >= 15 is 0 Å². The van der Waals surface area contributed by atoms with E-state index in [9.17, 15) is 4.79 Å². The van der Waals surface area contributed by atoms with Crippen molar-refractivity contribution < 1.29 is 4.79 Å². The second-order valence-corrected chi connectivity index (χ2v) is 10.3. The lowest BCUT2D eigenvalue weighted by molar-refractivity contribution is -0.131. The van der Waals surface area contributed by atoms with Gasteiger partial charge >= 0.3 is 0 Å². The van der Waals surface area contributed by atoms with Crippen molar-refractivity contribution in [3.8, 4) is 5.69 Å². The Hall–Kier alpha value is -4.23. The summed E-state index contributed by atoms with van der Waals surface area (Å²) in [4.78, 5) is 27.2. The Labute approximate surface area is 232 Å². The molecule has 1 aliphatic rings. The summed E-state index contributed by atoms with van der Waals surface area (Å²) in [7, 11) is 0. The van der Waals surface area contributed by atoms with Gasteiger partial charge in [0.05, 0.1) is 17.3 Å². The molecule has 0 saturated carbocycles. The van der Waals surface area contributed by atoms with Crippen LogP contribution in [0.1, 0.15) is 27.9 Å². The molecule has 1 atom stereocenters. The number of carbonyl (C=O) groups is 1. The van der Waals surface area contributed by atoms with E-state index in [-0.39, 0.29) is 5.91 Å².